The summed E-state index contributed by atoms with van der Waals surface area (Å²) < 4.78 is 0. The van der Waals surface area contributed by atoms with Crippen LogP contribution < -0.4 is 10.6 Å². The number of hydrogen-bond acceptors (Lipinski definition) is 2. The summed E-state index contributed by atoms with van der Waals surface area (Å²) in [4.78, 5) is 12.0. The third kappa shape index (κ3) is 4.73. The number of nitrogens with one attached hydrogen (secondary N) is 1. The first-order chi connectivity index (χ1) is 9.80. The van der Waals surface area contributed by atoms with Crippen LogP contribution in [0.25, 0.3) is 0 Å². The van der Waals surface area contributed by atoms with Crippen LogP contribution in [0.15, 0.2) is 24.3 Å². The summed E-state index contributed by atoms with van der Waals surface area (Å²) in [7, 11) is 0. The lowest BCUT2D eigenvalue weighted by Crippen LogP contribution is -2.87. The highest BCUT2D eigenvalue weighted by Gasteiger charge is 2.30. The van der Waals surface area contributed by atoms with Gasteiger partial charge in [0.1, 0.15) is 11.6 Å². The summed E-state index contributed by atoms with van der Waals surface area (Å²) in [6.07, 6.45) is 0. The molecule has 2 atom stereocenters. The van der Waals surface area contributed by atoms with Crippen molar-refractivity contribution < 1.29 is 10.1 Å². The van der Waals surface area contributed by atoms with E-state index in [0.717, 1.165) is 5.56 Å². The number of quaternary nitrogens is 1. The van der Waals surface area contributed by atoms with Crippen LogP contribution in [-0.4, -0.2) is 18.0 Å². The maximum absolute atomic E-state index is 12.0. The number of rotatable bonds is 6. The van der Waals surface area contributed by atoms with Crippen molar-refractivity contribution in [3.05, 3.63) is 34.9 Å². The van der Waals surface area contributed by atoms with Crippen LogP contribution in [-0.2, 0) is 4.79 Å². The van der Waals surface area contributed by atoms with Gasteiger partial charge in [0.2, 0.25) is 0 Å². The zero-order valence-electron chi connectivity index (χ0n) is 13.0. The Labute approximate surface area is 131 Å². The highest BCUT2D eigenvalue weighted by atomic mass is 35.5. The Morgan fingerprint density at radius 2 is 2.05 bits per heavy atom. The Morgan fingerprint density at radius 3 is 2.57 bits per heavy atom. The van der Waals surface area contributed by atoms with Crippen LogP contribution in [0, 0.1) is 17.2 Å². The molecule has 0 fully saturated rings. The highest BCUT2D eigenvalue weighted by Crippen LogP contribution is 2.19. The average molecular weight is 309 g/mol. The number of nitriles is 1. The highest BCUT2D eigenvalue weighted by molar-refractivity contribution is 6.31. The molecule has 0 saturated carbocycles. The minimum Gasteiger partial charge on any atom is -0.333 e. The molecule has 1 aromatic carbocycles. The molecular formula is C16H23ClN3O+. The standard InChI is InChI=1S/C16H22ClN3O/c1-11(2)16(4,10-18)20-15(21)9-19-12(3)13-7-5-6-8-14(13)17/h5-8,11-12,19H,9H2,1-4H3,(H,20,21)/p+1/t12-,16-/m0/s1. The van der Waals surface area contributed by atoms with Gasteiger partial charge in [0.25, 0.3) is 5.91 Å². The molecule has 0 aliphatic heterocycles. The molecule has 5 heteroatoms. The van der Waals surface area contributed by atoms with Crippen molar-refractivity contribution in [3.8, 4) is 6.07 Å². The van der Waals surface area contributed by atoms with Crippen LogP contribution in [0.5, 0.6) is 0 Å². The van der Waals surface area contributed by atoms with Gasteiger partial charge < -0.3 is 10.6 Å². The van der Waals surface area contributed by atoms with Gasteiger partial charge in [-0.3, -0.25) is 4.79 Å². The Bertz CT molecular complexity index is 539. The Hall–Kier alpha value is -1.57. The minimum atomic E-state index is -0.835. The molecule has 0 radical (unpaired) electrons. The fourth-order valence-corrected chi connectivity index (χ4v) is 2.21. The molecule has 0 aliphatic rings. The lowest BCUT2D eigenvalue weighted by atomic mass is 9.90. The third-order valence-corrected chi connectivity index (χ3v) is 4.18. The average Bonchev–Trinajstić information content (AvgIpc) is 2.44. The first-order valence-corrected chi connectivity index (χ1v) is 7.48. The van der Waals surface area contributed by atoms with Crippen molar-refractivity contribution in [1.29, 1.82) is 5.26 Å². The van der Waals surface area contributed by atoms with Crippen molar-refractivity contribution in [2.24, 2.45) is 5.92 Å². The maximum atomic E-state index is 12.0. The van der Waals surface area contributed by atoms with E-state index in [0.29, 0.717) is 5.02 Å². The molecule has 1 aromatic rings. The lowest BCUT2D eigenvalue weighted by Gasteiger charge is -2.27. The van der Waals surface area contributed by atoms with Crippen molar-refractivity contribution in [1.82, 2.24) is 5.32 Å². The molecule has 0 heterocycles. The van der Waals surface area contributed by atoms with Gasteiger partial charge in [0.15, 0.2) is 6.54 Å². The molecule has 0 unspecified atom stereocenters. The number of halogens is 1. The molecular weight excluding hydrogens is 286 g/mol. The third-order valence-electron chi connectivity index (χ3n) is 3.84. The van der Waals surface area contributed by atoms with Crippen molar-refractivity contribution in [3.63, 3.8) is 0 Å². The van der Waals surface area contributed by atoms with Crippen molar-refractivity contribution >= 4 is 17.5 Å². The topological polar surface area (TPSA) is 69.5 Å². The second kappa shape index (κ2) is 7.44. The first-order valence-electron chi connectivity index (χ1n) is 7.10. The summed E-state index contributed by atoms with van der Waals surface area (Å²) in [6, 6.07) is 9.85. The summed E-state index contributed by atoms with van der Waals surface area (Å²) in [5.41, 5.74) is 0.164. The number of carbonyl (C=O) groups is 1. The number of nitrogens with two attached hydrogens (primary N) is 1. The molecule has 0 spiro atoms. The molecule has 0 aliphatic carbocycles. The van der Waals surface area contributed by atoms with E-state index in [4.69, 9.17) is 11.6 Å². The van der Waals surface area contributed by atoms with E-state index in [2.05, 4.69) is 11.4 Å². The largest absolute Gasteiger partial charge is 0.333 e. The molecule has 114 valence electrons. The zero-order valence-corrected chi connectivity index (χ0v) is 13.7. The van der Waals surface area contributed by atoms with Gasteiger partial charge in [0.05, 0.1) is 6.07 Å². The SMILES string of the molecule is CC(C)[C@](C)(C#N)NC(=O)C[NH2+][C@@H](C)c1ccccc1Cl. The van der Waals surface area contributed by atoms with Gasteiger partial charge in [-0.05, 0) is 25.8 Å². The van der Waals surface area contributed by atoms with Crippen molar-refractivity contribution in [2.45, 2.75) is 39.3 Å². The number of hydrogen-bond donors (Lipinski definition) is 2. The summed E-state index contributed by atoms with van der Waals surface area (Å²) >= 11 is 6.14. The van der Waals surface area contributed by atoms with Crippen LogP contribution in [0.1, 0.15) is 39.3 Å². The van der Waals surface area contributed by atoms with Gasteiger partial charge in [-0.15, -0.1) is 0 Å². The molecule has 0 saturated heterocycles. The second-order valence-electron chi connectivity index (χ2n) is 5.77. The van der Waals surface area contributed by atoms with E-state index in [9.17, 15) is 10.1 Å². The van der Waals surface area contributed by atoms with Crippen LogP contribution in [0.2, 0.25) is 5.02 Å². The van der Waals surface area contributed by atoms with Crippen LogP contribution in [0.4, 0.5) is 0 Å². The van der Waals surface area contributed by atoms with E-state index < -0.39 is 5.54 Å². The van der Waals surface area contributed by atoms with Gasteiger partial charge in [-0.2, -0.15) is 5.26 Å². The fourth-order valence-electron chi connectivity index (χ4n) is 1.90. The Balaban J connectivity index is 2.58. The zero-order chi connectivity index (χ0) is 16.0. The normalized spacial score (nSPS) is 15.1. The monoisotopic (exact) mass is 308 g/mol. The summed E-state index contributed by atoms with van der Waals surface area (Å²) in [5.74, 6) is -0.0981. The van der Waals surface area contributed by atoms with E-state index in [1.165, 1.54) is 0 Å². The predicted octanol–water partition coefficient (Wildman–Crippen LogP) is 2.02. The van der Waals surface area contributed by atoms with Gasteiger partial charge in [0, 0.05) is 10.6 Å². The molecule has 3 N–H and O–H groups in total. The van der Waals surface area contributed by atoms with Gasteiger partial charge >= 0.3 is 0 Å². The van der Waals surface area contributed by atoms with Crippen LogP contribution >= 0.6 is 11.6 Å². The van der Waals surface area contributed by atoms with Crippen LogP contribution in [0.3, 0.4) is 0 Å². The molecule has 21 heavy (non-hydrogen) atoms. The molecule has 1 rings (SSSR count). The van der Waals surface area contributed by atoms with Gasteiger partial charge in [-0.25, -0.2) is 0 Å². The van der Waals surface area contributed by atoms with Crippen molar-refractivity contribution in [2.75, 3.05) is 6.54 Å². The predicted molar refractivity (Wildman–Crippen MR) is 83.7 cm³/mol. The van der Waals surface area contributed by atoms with E-state index >= 15 is 0 Å². The van der Waals surface area contributed by atoms with E-state index in [-0.39, 0.29) is 24.4 Å². The van der Waals surface area contributed by atoms with E-state index in [1.807, 2.05) is 50.4 Å². The quantitative estimate of drug-likeness (QED) is 0.844. The second-order valence-corrected chi connectivity index (χ2v) is 6.17. The number of benzene rings is 1. The summed E-state index contributed by atoms with van der Waals surface area (Å²) in [6.45, 7) is 7.84. The fraction of sp³-hybridized carbons (Fsp3) is 0.500. The molecule has 4 nitrogen and oxygen atoms in total. The molecule has 1 amide bonds. The molecule has 0 aromatic heterocycles. The minimum absolute atomic E-state index is 0.0486. The van der Waals surface area contributed by atoms with E-state index in [1.54, 1.807) is 6.92 Å². The lowest BCUT2D eigenvalue weighted by molar-refractivity contribution is -0.682. The first kappa shape index (κ1) is 17.5. The Morgan fingerprint density at radius 1 is 1.43 bits per heavy atom. The number of carbonyl (C=O) groups excluding carboxylic acids is 1. The summed E-state index contributed by atoms with van der Waals surface area (Å²) in [5, 5.41) is 14.6. The number of amides is 1. The Kier molecular flexibility index (Phi) is 6.19. The molecule has 0 bridgehead atoms. The smallest absolute Gasteiger partial charge is 0.276 e. The maximum Gasteiger partial charge on any atom is 0.276 e. The van der Waals surface area contributed by atoms with Gasteiger partial charge in [-0.1, -0.05) is 43.6 Å². The number of nitrogens with zero attached hydrogens (tertiary/aromatic N) is 1.